The molecule has 2 N–H and O–H groups in total. The zero-order chi connectivity index (χ0) is 27.5. The van der Waals surface area contributed by atoms with Gasteiger partial charge in [0.2, 0.25) is 0 Å². The van der Waals surface area contributed by atoms with E-state index in [1.165, 1.54) is 10.6 Å². The Balaban J connectivity index is 2.05. The third-order valence-corrected chi connectivity index (χ3v) is 5.62. The second-order valence-electron chi connectivity index (χ2n) is 10.5. The van der Waals surface area contributed by atoms with Gasteiger partial charge in [-0.25, -0.2) is 18.7 Å². The lowest BCUT2D eigenvalue weighted by atomic mass is 10.0. The van der Waals surface area contributed by atoms with Gasteiger partial charge in [-0.1, -0.05) is 32.1 Å². The molecule has 37 heavy (non-hydrogen) atoms. The van der Waals surface area contributed by atoms with E-state index in [0.717, 1.165) is 12.0 Å². The maximum Gasteiger partial charge on any atom is 0.337 e. The fraction of sp³-hybridized carbons (Fsp3) is 0.429. The smallest absolute Gasteiger partial charge is 0.337 e. The SMILES string of the molecule is Cc1cc(CNC(=O)c2cc3nc(C)c([C@H](OC(C)(C)C)C(=O)O)c(/C=C/CC(C)C)n3n2)ccc1F. The average molecular weight is 511 g/mol. The molecule has 0 unspecified atom stereocenters. The summed E-state index contributed by atoms with van der Waals surface area (Å²) in [6.45, 7) is 13.1. The number of ether oxygens (including phenoxy) is 1. The van der Waals surface area contributed by atoms with Crippen LogP contribution < -0.4 is 5.32 Å². The number of carbonyl (C=O) groups is 2. The minimum absolute atomic E-state index is 0.130. The first-order chi connectivity index (χ1) is 17.3. The molecule has 0 aliphatic rings. The van der Waals surface area contributed by atoms with E-state index in [-0.39, 0.29) is 18.1 Å². The van der Waals surface area contributed by atoms with E-state index < -0.39 is 23.6 Å². The molecule has 8 nitrogen and oxygen atoms in total. The highest BCUT2D eigenvalue weighted by Gasteiger charge is 2.32. The van der Waals surface area contributed by atoms with Crippen molar-refractivity contribution < 1.29 is 23.8 Å². The molecule has 1 atom stereocenters. The van der Waals surface area contributed by atoms with Gasteiger partial charge in [0, 0.05) is 23.9 Å². The lowest BCUT2D eigenvalue weighted by molar-refractivity contribution is -0.160. The van der Waals surface area contributed by atoms with Crippen molar-refractivity contribution in [1.82, 2.24) is 19.9 Å². The van der Waals surface area contributed by atoms with E-state index in [2.05, 4.69) is 29.2 Å². The molecule has 0 aliphatic carbocycles. The van der Waals surface area contributed by atoms with Gasteiger partial charge >= 0.3 is 5.97 Å². The topological polar surface area (TPSA) is 106 Å². The molecule has 198 valence electrons. The van der Waals surface area contributed by atoms with Crippen LogP contribution in [-0.4, -0.2) is 37.2 Å². The van der Waals surface area contributed by atoms with Crippen molar-refractivity contribution in [3.05, 3.63) is 69.9 Å². The van der Waals surface area contributed by atoms with Gasteiger partial charge in [-0.3, -0.25) is 4.79 Å². The maximum atomic E-state index is 13.6. The minimum Gasteiger partial charge on any atom is -0.479 e. The number of carboxylic acid groups (broad SMARTS) is 1. The summed E-state index contributed by atoms with van der Waals surface area (Å²) in [6, 6.07) is 6.21. The fourth-order valence-electron chi connectivity index (χ4n) is 3.88. The summed E-state index contributed by atoms with van der Waals surface area (Å²) in [5.41, 5.74) is 2.42. The summed E-state index contributed by atoms with van der Waals surface area (Å²) in [5.74, 6) is -1.48. The quantitative estimate of drug-likeness (QED) is 0.398. The van der Waals surface area contributed by atoms with Crippen molar-refractivity contribution in [3.63, 3.8) is 0 Å². The number of amides is 1. The van der Waals surface area contributed by atoms with Gasteiger partial charge in [-0.2, -0.15) is 5.10 Å². The number of rotatable bonds is 9. The van der Waals surface area contributed by atoms with Crippen molar-refractivity contribution in [3.8, 4) is 0 Å². The van der Waals surface area contributed by atoms with Crippen LogP contribution in [0.15, 0.2) is 30.3 Å². The molecular formula is C28H35FN4O4. The summed E-state index contributed by atoms with van der Waals surface area (Å²) < 4.78 is 21.0. The van der Waals surface area contributed by atoms with Crippen LogP contribution in [0.2, 0.25) is 0 Å². The number of aliphatic carboxylic acids is 1. The molecule has 2 aromatic heterocycles. The number of nitrogens with zero attached hydrogens (tertiary/aromatic N) is 3. The van der Waals surface area contributed by atoms with Crippen molar-refractivity contribution in [2.45, 2.75) is 73.1 Å². The van der Waals surface area contributed by atoms with Crippen LogP contribution in [0.5, 0.6) is 0 Å². The van der Waals surface area contributed by atoms with Crippen LogP contribution in [0.3, 0.4) is 0 Å². The number of aromatic nitrogens is 3. The minimum atomic E-state index is -1.28. The van der Waals surface area contributed by atoms with Crippen LogP contribution in [0.4, 0.5) is 4.39 Å². The van der Waals surface area contributed by atoms with Crippen molar-refractivity contribution >= 4 is 23.6 Å². The maximum absolute atomic E-state index is 13.6. The van der Waals surface area contributed by atoms with Gasteiger partial charge < -0.3 is 15.2 Å². The van der Waals surface area contributed by atoms with Crippen molar-refractivity contribution in [2.75, 3.05) is 0 Å². The van der Waals surface area contributed by atoms with E-state index in [9.17, 15) is 19.1 Å². The van der Waals surface area contributed by atoms with Crippen LogP contribution in [0, 0.1) is 25.6 Å². The molecule has 3 aromatic rings. The first-order valence-corrected chi connectivity index (χ1v) is 12.3. The van der Waals surface area contributed by atoms with Crippen LogP contribution in [0.25, 0.3) is 11.7 Å². The highest BCUT2D eigenvalue weighted by Crippen LogP contribution is 2.31. The molecule has 9 heteroatoms. The molecule has 0 saturated heterocycles. The van der Waals surface area contributed by atoms with Crippen LogP contribution in [-0.2, 0) is 16.1 Å². The lowest BCUT2D eigenvalue weighted by Crippen LogP contribution is -2.29. The zero-order valence-electron chi connectivity index (χ0n) is 22.4. The van der Waals surface area contributed by atoms with Gasteiger partial charge in [-0.05, 0) is 70.2 Å². The number of hydrogen-bond donors (Lipinski definition) is 2. The molecule has 2 heterocycles. The third-order valence-electron chi connectivity index (χ3n) is 5.62. The molecule has 0 saturated carbocycles. The molecular weight excluding hydrogens is 475 g/mol. The molecule has 3 rings (SSSR count). The fourth-order valence-corrected chi connectivity index (χ4v) is 3.88. The average Bonchev–Trinajstić information content (AvgIpc) is 3.21. The first kappa shape index (κ1) is 28.0. The predicted molar refractivity (Wildman–Crippen MR) is 140 cm³/mol. The summed E-state index contributed by atoms with van der Waals surface area (Å²) >= 11 is 0. The monoisotopic (exact) mass is 510 g/mol. The number of halogens is 1. The molecule has 0 spiro atoms. The number of fused-ring (bicyclic) bond motifs is 1. The highest BCUT2D eigenvalue weighted by atomic mass is 19.1. The zero-order valence-corrected chi connectivity index (χ0v) is 22.4. The van der Waals surface area contributed by atoms with E-state index in [1.807, 2.05) is 12.2 Å². The van der Waals surface area contributed by atoms with Crippen LogP contribution in [0.1, 0.15) is 85.7 Å². The Hall–Kier alpha value is -3.59. The summed E-state index contributed by atoms with van der Waals surface area (Å²) in [7, 11) is 0. The Bertz CT molecular complexity index is 1340. The van der Waals surface area contributed by atoms with Gasteiger partial charge in [0.05, 0.1) is 11.3 Å². The molecule has 1 aromatic carbocycles. The van der Waals surface area contributed by atoms with Crippen molar-refractivity contribution in [1.29, 1.82) is 0 Å². The number of hydrogen-bond acceptors (Lipinski definition) is 5. The third kappa shape index (κ3) is 7.01. The highest BCUT2D eigenvalue weighted by molar-refractivity contribution is 5.93. The molecule has 0 radical (unpaired) electrons. The van der Waals surface area contributed by atoms with Crippen molar-refractivity contribution in [2.24, 2.45) is 5.92 Å². The van der Waals surface area contributed by atoms with E-state index in [1.54, 1.807) is 52.8 Å². The van der Waals surface area contributed by atoms with Crippen LogP contribution >= 0.6 is 0 Å². The van der Waals surface area contributed by atoms with E-state index >= 15 is 0 Å². The standard InChI is InChI=1S/C28H35FN4O4/c1-16(2)9-8-10-22-24(25(27(35)36)37-28(5,6)7)18(4)31-23-14-21(32-33(22)23)26(34)30-15-19-11-12-20(29)17(3)13-19/h8,10-14,16,25H,9,15H2,1-7H3,(H,30,34)(H,35,36)/b10-8+/t25-/m0/s1. The first-order valence-electron chi connectivity index (χ1n) is 12.3. The Kier molecular flexibility index (Phi) is 8.48. The molecule has 1 amide bonds. The van der Waals surface area contributed by atoms with E-state index in [0.29, 0.717) is 34.1 Å². The number of benzene rings is 1. The second-order valence-corrected chi connectivity index (χ2v) is 10.5. The Labute approximate surface area is 216 Å². The second kappa shape index (κ2) is 11.2. The summed E-state index contributed by atoms with van der Waals surface area (Å²) in [5, 5.41) is 17.3. The number of carbonyl (C=O) groups excluding carboxylic acids is 1. The number of carboxylic acids is 1. The molecule has 0 bridgehead atoms. The Morgan fingerprint density at radius 3 is 2.51 bits per heavy atom. The lowest BCUT2D eigenvalue weighted by Gasteiger charge is -2.27. The Morgan fingerprint density at radius 2 is 1.92 bits per heavy atom. The number of nitrogens with one attached hydrogen (secondary N) is 1. The van der Waals surface area contributed by atoms with Gasteiger partial charge in [0.15, 0.2) is 17.4 Å². The largest absolute Gasteiger partial charge is 0.479 e. The predicted octanol–water partition coefficient (Wildman–Crippen LogP) is 5.42. The number of aryl methyl sites for hydroxylation is 2. The van der Waals surface area contributed by atoms with E-state index in [4.69, 9.17) is 4.74 Å². The normalized spacial score (nSPS) is 13.0. The number of allylic oxidation sites excluding steroid dienone is 1. The summed E-state index contributed by atoms with van der Waals surface area (Å²) in [4.78, 5) is 29.8. The van der Waals surface area contributed by atoms with Gasteiger partial charge in [-0.15, -0.1) is 0 Å². The van der Waals surface area contributed by atoms with Gasteiger partial charge in [0.1, 0.15) is 5.82 Å². The summed E-state index contributed by atoms with van der Waals surface area (Å²) in [6.07, 6.45) is 3.26. The van der Waals surface area contributed by atoms with Gasteiger partial charge in [0.25, 0.3) is 5.91 Å². The molecule has 0 aliphatic heterocycles. The Morgan fingerprint density at radius 1 is 1.22 bits per heavy atom. The molecule has 0 fully saturated rings.